The first-order valence-electron chi connectivity index (χ1n) is 9.08. The zero-order chi connectivity index (χ0) is 19.7. The number of aliphatic hydroxyl groups excluding tert-OH is 1. The molecule has 148 valence electrons. The Bertz CT molecular complexity index is 999. The van der Waals surface area contributed by atoms with Gasteiger partial charge >= 0.3 is 0 Å². The Morgan fingerprint density at radius 1 is 1.32 bits per heavy atom. The molecule has 1 aliphatic rings. The van der Waals surface area contributed by atoms with Gasteiger partial charge in [-0.2, -0.15) is 0 Å². The van der Waals surface area contributed by atoms with Crippen molar-refractivity contribution in [2.24, 2.45) is 0 Å². The molecule has 2 heterocycles. The van der Waals surface area contributed by atoms with Crippen LogP contribution in [0.1, 0.15) is 31.2 Å². The van der Waals surface area contributed by atoms with Crippen molar-refractivity contribution in [1.82, 2.24) is 9.97 Å². The monoisotopic (exact) mass is 422 g/mol. The van der Waals surface area contributed by atoms with Crippen molar-refractivity contribution >= 4 is 44.1 Å². The molecule has 4 N–H and O–H groups in total. The van der Waals surface area contributed by atoms with Crippen LogP contribution in [-0.2, 0) is 6.61 Å². The second-order valence-corrected chi connectivity index (χ2v) is 8.18. The number of benzene rings is 1. The lowest BCUT2D eigenvalue weighted by atomic mass is 9.93. The highest BCUT2D eigenvalue weighted by atomic mass is 35.5. The Labute approximate surface area is 170 Å². The normalized spacial score (nSPS) is 19.7. The third-order valence-electron chi connectivity index (χ3n) is 4.88. The van der Waals surface area contributed by atoms with Gasteiger partial charge in [0.15, 0.2) is 16.7 Å². The van der Waals surface area contributed by atoms with Crippen LogP contribution >= 0.6 is 22.9 Å². The molecule has 0 radical (unpaired) electrons. The molecule has 1 saturated carbocycles. The third kappa shape index (κ3) is 3.85. The van der Waals surface area contributed by atoms with Crippen molar-refractivity contribution in [3.8, 4) is 5.75 Å². The Morgan fingerprint density at radius 3 is 2.96 bits per heavy atom. The fraction of sp³-hybridized carbons (Fsp3) is 0.368. The number of thiazole rings is 1. The summed E-state index contributed by atoms with van der Waals surface area (Å²) in [5, 5.41) is 14.3. The minimum atomic E-state index is -0.467. The van der Waals surface area contributed by atoms with Crippen LogP contribution in [-0.4, -0.2) is 27.2 Å². The molecular weight excluding hydrogens is 403 g/mol. The van der Waals surface area contributed by atoms with Crippen molar-refractivity contribution in [2.75, 3.05) is 11.1 Å². The quantitative estimate of drug-likeness (QED) is 0.565. The van der Waals surface area contributed by atoms with Gasteiger partial charge in [0.05, 0.1) is 27.4 Å². The molecule has 3 aromatic rings. The SMILES string of the molecule is Nc1nccc(COc2ccc3nc(N[C@@H]4CCCC[C@H]4O)sc3c2F)c1Cl. The zero-order valence-electron chi connectivity index (χ0n) is 15.0. The van der Waals surface area contributed by atoms with Crippen LogP contribution in [0.2, 0.25) is 5.02 Å². The van der Waals surface area contributed by atoms with E-state index >= 15 is 0 Å². The van der Waals surface area contributed by atoms with Gasteiger partial charge in [0.25, 0.3) is 0 Å². The van der Waals surface area contributed by atoms with Crippen molar-refractivity contribution in [3.05, 3.63) is 40.8 Å². The average Bonchev–Trinajstić information content (AvgIpc) is 3.10. The van der Waals surface area contributed by atoms with Gasteiger partial charge in [-0.05, 0) is 31.0 Å². The summed E-state index contributed by atoms with van der Waals surface area (Å²) in [7, 11) is 0. The number of aliphatic hydroxyl groups is 1. The first-order valence-corrected chi connectivity index (χ1v) is 10.3. The van der Waals surface area contributed by atoms with Crippen LogP contribution < -0.4 is 15.8 Å². The highest BCUT2D eigenvalue weighted by molar-refractivity contribution is 7.22. The molecule has 0 saturated heterocycles. The molecule has 6 nitrogen and oxygen atoms in total. The van der Waals surface area contributed by atoms with E-state index in [4.69, 9.17) is 22.1 Å². The number of nitrogens with zero attached hydrogens (tertiary/aromatic N) is 2. The van der Waals surface area contributed by atoms with Crippen LogP contribution in [0.25, 0.3) is 10.2 Å². The van der Waals surface area contributed by atoms with Gasteiger partial charge in [0.2, 0.25) is 0 Å². The summed E-state index contributed by atoms with van der Waals surface area (Å²) < 4.78 is 20.9. The fourth-order valence-corrected chi connectivity index (χ4v) is 4.44. The minimum absolute atomic E-state index is 0.0487. The van der Waals surface area contributed by atoms with Gasteiger partial charge in [-0.3, -0.25) is 0 Å². The standard InChI is InChI=1S/C19H20ClFN4O2S/c20-15-10(7-8-23-18(15)22)9-27-14-6-5-12-17(16(14)21)28-19(25-12)24-11-3-1-2-4-13(11)26/h5-8,11,13,26H,1-4,9H2,(H2,22,23)(H,24,25)/t11-,13-/m1/s1. The van der Waals surface area contributed by atoms with E-state index in [9.17, 15) is 9.50 Å². The van der Waals surface area contributed by atoms with Crippen LogP contribution in [0.4, 0.5) is 15.3 Å². The molecule has 0 unspecified atom stereocenters. The van der Waals surface area contributed by atoms with Crippen LogP contribution in [0.3, 0.4) is 0 Å². The second kappa shape index (κ2) is 8.06. The number of rotatable bonds is 5. The maximum absolute atomic E-state index is 14.9. The van der Waals surface area contributed by atoms with Crippen LogP contribution in [0.5, 0.6) is 5.75 Å². The number of hydrogen-bond donors (Lipinski definition) is 3. The van der Waals surface area contributed by atoms with Gasteiger partial charge < -0.3 is 20.9 Å². The number of ether oxygens (including phenoxy) is 1. The summed E-state index contributed by atoms with van der Waals surface area (Å²) in [5.74, 6) is -0.140. The van der Waals surface area contributed by atoms with E-state index in [1.54, 1.807) is 18.2 Å². The summed E-state index contributed by atoms with van der Waals surface area (Å²) in [6.07, 6.45) is 4.87. The van der Waals surface area contributed by atoms with Crippen molar-refractivity contribution in [3.63, 3.8) is 0 Å². The molecule has 4 rings (SSSR count). The molecule has 0 aliphatic heterocycles. The molecule has 1 aliphatic carbocycles. The smallest absolute Gasteiger partial charge is 0.184 e. The molecular formula is C19H20ClFN4O2S. The van der Waals surface area contributed by atoms with Gasteiger partial charge in [0, 0.05) is 11.8 Å². The summed E-state index contributed by atoms with van der Waals surface area (Å²) in [6.45, 7) is 0.0756. The fourth-order valence-electron chi connectivity index (χ4n) is 3.32. The molecule has 2 atom stereocenters. The number of pyridine rings is 1. The van der Waals surface area contributed by atoms with Crippen LogP contribution in [0.15, 0.2) is 24.4 Å². The first kappa shape index (κ1) is 19.2. The third-order valence-corrected chi connectivity index (χ3v) is 6.31. The summed E-state index contributed by atoms with van der Waals surface area (Å²) in [6, 6.07) is 4.90. The molecule has 1 aromatic carbocycles. The van der Waals surface area contributed by atoms with Gasteiger partial charge in [-0.25, -0.2) is 14.4 Å². The number of aromatic nitrogens is 2. The zero-order valence-corrected chi connectivity index (χ0v) is 16.6. The highest BCUT2D eigenvalue weighted by Gasteiger charge is 2.24. The van der Waals surface area contributed by atoms with E-state index in [-0.39, 0.29) is 24.2 Å². The predicted octanol–water partition coefficient (Wildman–Crippen LogP) is 4.36. The van der Waals surface area contributed by atoms with E-state index in [1.807, 2.05) is 0 Å². The van der Waals surface area contributed by atoms with E-state index in [0.29, 0.717) is 25.9 Å². The lowest BCUT2D eigenvalue weighted by molar-refractivity contribution is 0.116. The number of anilines is 2. The number of nitrogens with one attached hydrogen (secondary N) is 1. The average molecular weight is 423 g/mol. The Hall–Kier alpha value is -2.16. The van der Waals surface area contributed by atoms with E-state index in [2.05, 4.69) is 15.3 Å². The van der Waals surface area contributed by atoms with Crippen molar-refractivity contribution in [2.45, 2.75) is 44.4 Å². The van der Waals surface area contributed by atoms with Gasteiger partial charge in [-0.1, -0.05) is 35.8 Å². The highest BCUT2D eigenvalue weighted by Crippen LogP contribution is 2.35. The summed E-state index contributed by atoms with van der Waals surface area (Å²) in [4.78, 5) is 8.34. The number of fused-ring (bicyclic) bond motifs is 1. The molecule has 1 fully saturated rings. The summed E-state index contributed by atoms with van der Waals surface area (Å²) in [5.41, 5.74) is 6.86. The first-order chi connectivity index (χ1) is 13.5. The number of nitrogen functional groups attached to an aromatic ring is 1. The van der Waals surface area contributed by atoms with Crippen molar-refractivity contribution < 1.29 is 14.2 Å². The largest absolute Gasteiger partial charge is 0.486 e. The van der Waals surface area contributed by atoms with Crippen LogP contribution in [0, 0.1) is 5.82 Å². The van der Waals surface area contributed by atoms with Gasteiger partial charge in [0.1, 0.15) is 12.4 Å². The Morgan fingerprint density at radius 2 is 2.14 bits per heavy atom. The minimum Gasteiger partial charge on any atom is -0.486 e. The van der Waals surface area contributed by atoms with Crippen molar-refractivity contribution in [1.29, 1.82) is 0 Å². The molecule has 0 amide bonds. The molecule has 9 heteroatoms. The number of halogens is 2. The summed E-state index contributed by atoms with van der Waals surface area (Å²) >= 11 is 7.32. The molecule has 28 heavy (non-hydrogen) atoms. The molecule has 0 spiro atoms. The number of hydrogen-bond acceptors (Lipinski definition) is 7. The second-order valence-electron chi connectivity index (χ2n) is 6.81. The van der Waals surface area contributed by atoms with Gasteiger partial charge in [-0.15, -0.1) is 0 Å². The topological polar surface area (TPSA) is 93.3 Å². The lowest BCUT2D eigenvalue weighted by Gasteiger charge is -2.27. The molecule has 2 aromatic heterocycles. The Balaban J connectivity index is 1.52. The van der Waals surface area contributed by atoms with E-state index in [1.165, 1.54) is 17.5 Å². The molecule has 0 bridgehead atoms. The van der Waals surface area contributed by atoms with E-state index < -0.39 is 11.9 Å². The lowest BCUT2D eigenvalue weighted by Crippen LogP contribution is -2.36. The predicted molar refractivity (Wildman–Crippen MR) is 109 cm³/mol. The number of nitrogens with two attached hydrogens (primary N) is 1. The van der Waals surface area contributed by atoms with E-state index in [0.717, 1.165) is 25.7 Å². The maximum atomic E-state index is 14.9. The maximum Gasteiger partial charge on any atom is 0.184 e. The Kier molecular flexibility index (Phi) is 5.52.